The first-order valence-electron chi connectivity index (χ1n) is 6.92. The van der Waals surface area contributed by atoms with Gasteiger partial charge in [0.15, 0.2) is 0 Å². The molecule has 0 aliphatic rings. The summed E-state index contributed by atoms with van der Waals surface area (Å²) in [6, 6.07) is 22.3. The van der Waals surface area contributed by atoms with Crippen LogP contribution in [0.5, 0.6) is 0 Å². The Bertz CT molecular complexity index is 649. The number of rotatable bonds is 5. The van der Waals surface area contributed by atoms with E-state index >= 15 is 0 Å². The molecule has 0 atom stereocenters. The number of anilines is 1. The van der Waals surface area contributed by atoms with Crippen molar-refractivity contribution >= 4 is 11.8 Å². The highest BCUT2D eigenvalue weighted by atomic mass is 15.1. The van der Waals surface area contributed by atoms with Gasteiger partial charge in [-0.15, -0.1) is 0 Å². The lowest BCUT2D eigenvalue weighted by atomic mass is 10.2. The van der Waals surface area contributed by atoms with E-state index in [2.05, 4.69) is 30.4 Å². The minimum absolute atomic E-state index is 0.652. The van der Waals surface area contributed by atoms with Crippen LogP contribution in [-0.2, 0) is 0 Å². The Morgan fingerprint density at radius 1 is 1.05 bits per heavy atom. The van der Waals surface area contributed by atoms with Gasteiger partial charge in [-0.2, -0.15) is 5.26 Å². The molecule has 2 aromatic rings. The number of allylic oxidation sites excluding steroid dienone is 3. The average Bonchev–Trinajstić information content (AvgIpc) is 2.56. The summed E-state index contributed by atoms with van der Waals surface area (Å²) in [5.74, 6) is 0. The van der Waals surface area contributed by atoms with Crippen LogP contribution in [0, 0.1) is 11.3 Å². The van der Waals surface area contributed by atoms with Crippen molar-refractivity contribution in [3.63, 3.8) is 0 Å². The zero-order valence-corrected chi connectivity index (χ0v) is 12.1. The van der Waals surface area contributed by atoms with Gasteiger partial charge in [0.25, 0.3) is 0 Å². The Balaban J connectivity index is 2.01. The van der Waals surface area contributed by atoms with E-state index in [1.165, 1.54) is 5.56 Å². The molecule has 0 aliphatic heterocycles. The van der Waals surface area contributed by atoms with Gasteiger partial charge in [0.1, 0.15) is 11.8 Å². The molecule has 0 heterocycles. The normalized spacial score (nSPS) is 11.3. The highest BCUT2D eigenvalue weighted by molar-refractivity contribution is 5.55. The molecule has 0 fully saturated rings. The summed E-state index contributed by atoms with van der Waals surface area (Å²) >= 11 is 0. The van der Waals surface area contributed by atoms with Crippen LogP contribution in [0.25, 0.3) is 6.08 Å². The molecule has 0 aromatic heterocycles. The van der Waals surface area contributed by atoms with E-state index in [0.717, 1.165) is 12.1 Å². The standard InChI is InChI=1S/C19H18N2/c1-21(18-13-6-3-7-14-18)19(16-20)15-9-8-12-17-10-4-2-5-11-17/h2-8,10-15H,9H2,1H3/b12-8+,19-15-. The molecule has 0 radical (unpaired) electrons. The first-order valence-corrected chi connectivity index (χ1v) is 6.92. The number of nitrogens with zero attached hydrogens (tertiary/aromatic N) is 2. The first-order chi connectivity index (χ1) is 10.3. The average molecular weight is 274 g/mol. The van der Waals surface area contributed by atoms with Crippen molar-refractivity contribution in [2.24, 2.45) is 0 Å². The summed E-state index contributed by atoms with van der Waals surface area (Å²) in [5, 5.41) is 9.29. The molecule has 0 saturated carbocycles. The molecule has 0 N–H and O–H groups in total. The third-order valence-corrected chi connectivity index (χ3v) is 3.18. The lowest BCUT2D eigenvalue weighted by molar-refractivity contribution is 1.12. The Morgan fingerprint density at radius 3 is 2.29 bits per heavy atom. The Labute approximate surface area is 126 Å². The SMILES string of the molecule is CN(/C(C#N)=C\C/C=C/c1ccccc1)c1ccccc1. The first kappa shape index (κ1) is 14.6. The van der Waals surface area contributed by atoms with Crippen molar-refractivity contribution in [2.45, 2.75) is 6.42 Å². The number of benzene rings is 2. The van der Waals surface area contributed by atoms with Gasteiger partial charge in [0, 0.05) is 12.7 Å². The monoisotopic (exact) mass is 274 g/mol. The van der Waals surface area contributed by atoms with E-state index in [9.17, 15) is 5.26 Å². The fourth-order valence-corrected chi connectivity index (χ4v) is 2.00. The summed E-state index contributed by atoms with van der Waals surface area (Å²) in [7, 11) is 1.91. The van der Waals surface area contributed by atoms with E-state index in [1.54, 1.807) is 0 Å². The maximum absolute atomic E-state index is 9.29. The number of nitriles is 1. The Kier molecular flexibility index (Phi) is 5.37. The highest BCUT2D eigenvalue weighted by Gasteiger charge is 2.04. The molecule has 21 heavy (non-hydrogen) atoms. The van der Waals surface area contributed by atoms with Crippen LogP contribution in [0.1, 0.15) is 12.0 Å². The van der Waals surface area contributed by atoms with Crippen molar-refractivity contribution < 1.29 is 0 Å². The summed E-state index contributed by atoms with van der Waals surface area (Å²) in [4.78, 5) is 1.90. The van der Waals surface area contributed by atoms with Crippen molar-refractivity contribution in [3.05, 3.63) is 84.1 Å². The van der Waals surface area contributed by atoms with Crippen LogP contribution in [0.4, 0.5) is 5.69 Å². The summed E-state index contributed by atoms with van der Waals surface area (Å²) in [5.41, 5.74) is 2.83. The van der Waals surface area contributed by atoms with E-state index in [0.29, 0.717) is 5.70 Å². The number of hydrogen-bond acceptors (Lipinski definition) is 2. The van der Waals surface area contributed by atoms with Gasteiger partial charge in [0.05, 0.1) is 0 Å². The molecule has 0 amide bonds. The molecule has 2 nitrogen and oxygen atoms in total. The van der Waals surface area contributed by atoms with Crippen LogP contribution in [-0.4, -0.2) is 7.05 Å². The fraction of sp³-hybridized carbons (Fsp3) is 0.105. The van der Waals surface area contributed by atoms with Crippen molar-refractivity contribution in [2.75, 3.05) is 11.9 Å². The van der Waals surface area contributed by atoms with Crippen LogP contribution < -0.4 is 4.90 Å². The Hall–Kier alpha value is -2.79. The third-order valence-electron chi connectivity index (χ3n) is 3.18. The number of hydrogen-bond donors (Lipinski definition) is 0. The van der Waals surface area contributed by atoms with E-state index in [1.807, 2.05) is 66.6 Å². The van der Waals surface area contributed by atoms with Gasteiger partial charge in [-0.3, -0.25) is 0 Å². The third kappa shape index (κ3) is 4.36. The topological polar surface area (TPSA) is 27.0 Å². The molecular formula is C19H18N2. The quantitative estimate of drug-likeness (QED) is 0.743. The van der Waals surface area contributed by atoms with E-state index in [-0.39, 0.29) is 0 Å². The molecular weight excluding hydrogens is 256 g/mol. The van der Waals surface area contributed by atoms with Gasteiger partial charge in [-0.25, -0.2) is 0 Å². The zero-order valence-electron chi connectivity index (χ0n) is 12.1. The highest BCUT2D eigenvalue weighted by Crippen LogP contribution is 2.16. The molecule has 104 valence electrons. The van der Waals surface area contributed by atoms with Crippen molar-refractivity contribution in [1.29, 1.82) is 5.26 Å². The molecule has 2 heteroatoms. The molecule has 0 spiro atoms. The van der Waals surface area contributed by atoms with Crippen LogP contribution in [0.2, 0.25) is 0 Å². The van der Waals surface area contributed by atoms with Gasteiger partial charge in [-0.05, 0) is 30.2 Å². The molecule has 0 bridgehead atoms. The van der Waals surface area contributed by atoms with Crippen molar-refractivity contribution in [1.82, 2.24) is 0 Å². The van der Waals surface area contributed by atoms with Crippen molar-refractivity contribution in [3.8, 4) is 6.07 Å². The second kappa shape index (κ2) is 7.72. The second-order valence-corrected chi connectivity index (χ2v) is 4.64. The van der Waals surface area contributed by atoms with Crippen LogP contribution >= 0.6 is 0 Å². The zero-order chi connectivity index (χ0) is 14.9. The lowest BCUT2D eigenvalue weighted by Gasteiger charge is -2.17. The van der Waals surface area contributed by atoms with Crippen LogP contribution in [0.3, 0.4) is 0 Å². The minimum Gasteiger partial charge on any atom is -0.336 e. The van der Waals surface area contributed by atoms with Crippen LogP contribution in [0.15, 0.2) is 78.5 Å². The molecule has 2 aromatic carbocycles. The Morgan fingerprint density at radius 2 is 1.67 bits per heavy atom. The lowest BCUT2D eigenvalue weighted by Crippen LogP contribution is -2.14. The molecule has 0 aliphatic carbocycles. The van der Waals surface area contributed by atoms with Gasteiger partial charge in [0.2, 0.25) is 0 Å². The van der Waals surface area contributed by atoms with E-state index < -0.39 is 0 Å². The smallest absolute Gasteiger partial charge is 0.117 e. The van der Waals surface area contributed by atoms with Gasteiger partial charge in [-0.1, -0.05) is 60.7 Å². The van der Waals surface area contributed by atoms with E-state index in [4.69, 9.17) is 0 Å². The maximum atomic E-state index is 9.29. The summed E-state index contributed by atoms with van der Waals surface area (Å²) < 4.78 is 0. The van der Waals surface area contributed by atoms with Gasteiger partial charge >= 0.3 is 0 Å². The summed E-state index contributed by atoms with van der Waals surface area (Å²) in [6.45, 7) is 0. The predicted molar refractivity (Wildman–Crippen MR) is 88.6 cm³/mol. The predicted octanol–water partition coefficient (Wildman–Crippen LogP) is 4.63. The summed E-state index contributed by atoms with van der Waals surface area (Å²) in [6.07, 6.45) is 6.79. The number of para-hydroxylation sites is 1. The molecule has 0 saturated heterocycles. The largest absolute Gasteiger partial charge is 0.336 e. The second-order valence-electron chi connectivity index (χ2n) is 4.64. The molecule has 0 unspecified atom stereocenters. The fourth-order valence-electron chi connectivity index (χ4n) is 2.00. The van der Waals surface area contributed by atoms with Gasteiger partial charge < -0.3 is 4.90 Å². The minimum atomic E-state index is 0.652. The maximum Gasteiger partial charge on any atom is 0.117 e. The molecule has 2 rings (SSSR count).